The number of hydrogen-bond donors (Lipinski definition) is 1. The Bertz CT molecular complexity index is 437. The molecule has 1 fully saturated rings. The van der Waals surface area contributed by atoms with E-state index in [1.54, 1.807) is 6.20 Å². The van der Waals surface area contributed by atoms with Crippen LogP contribution < -0.4 is 10.5 Å². The van der Waals surface area contributed by atoms with E-state index in [1.807, 2.05) is 20.0 Å². The summed E-state index contributed by atoms with van der Waals surface area (Å²) >= 11 is 0. The van der Waals surface area contributed by atoms with Crippen LogP contribution in [0.25, 0.3) is 0 Å². The van der Waals surface area contributed by atoms with Crippen molar-refractivity contribution >= 4 is 0 Å². The molecule has 1 unspecified atom stereocenters. The van der Waals surface area contributed by atoms with E-state index < -0.39 is 0 Å². The number of aromatic nitrogens is 1. The van der Waals surface area contributed by atoms with E-state index in [2.05, 4.69) is 24.9 Å². The zero-order valence-electron chi connectivity index (χ0n) is 13.9. The van der Waals surface area contributed by atoms with Gasteiger partial charge in [0.2, 0.25) is 0 Å². The predicted molar refractivity (Wildman–Crippen MR) is 87.2 cm³/mol. The molecule has 0 aliphatic heterocycles. The van der Waals surface area contributed by atoms with Crippen molar-refractivity contribution < 1.29 is 4.74 Å². The molecular weight excluding hydrogens is 260 g/mol. The van der Waals surface area contributed by atoms with E-state index >= 15 is 0 Å². The minimum atomic E-state index is 0.0846. The van der Waals surface area contributed by atoms with Gasteiger partial charge < -0.3 is 10.5 Å². The number of ether oxygens (including phenoxy) is 1. The summed E-state index contributed by atoms with van der Waals surface area (Å²) in [4.78, 5) is 4.29. The molecule has 118 valence electrons. The van der Waals surface area contributed by atoms with Crippen LogP contribution >= 0.6 is 0 Å². The second kappa shape index (κ2) is 7.26. The van der Waals surface area contributed by atoms with Crippen molar-refractivity contribution in [3.05, 3.63) is 24.0 Å². The first-order valence-electron chi connectivity index (χ1n) is 8.34. The molecule has 2 N–H and O–H groups in total. The van der Waals surface area contributed by atoms with E-state index in [0.717, 1.165) is 23.1 Å². The third kappa shape index (κ3) is 4.44. The molecule has 0 spiro atoms. The van der Waals surface area contributed by atoms with Crippen molar-refractivity contribution in [3.8, 4) is 5.75 Å². The lowest BCUT2D eigenvalue weighted by atomic mass is 9.74. The Morgan fingerprint density at radius 1 is 1.05 bits per heavy atom. The van der Waals surface area contributed by atoms with Crippen LogP contribution in [-0.2, 0) is 0 Å². The zero-order chi connectivity index (χ0) is 15.4. The van der Waals surface area contributed by atoms with E-state index in [4.69, 9.17) is 10.5 Å². The highest BCUT2D eigenvalue weighted by atomic mass is 16.5. The standard InChI is InChI=1S/C18H30N2O/c1-12(2)14-5-7-15(8-6-14)18(19)16-9-17(11-20-10-16)21-13(3)4/h9-15,18H,5-8,19H2,1-4H3. The van der Waals surface area contributed by atoms with Gasteiger partial charge in [0.05, 0.1) is 12.3 Å². The summed E-state index contributed by atoms with van der Waals surface area (Å²) < 4.78 is 5.72. The van der Waals surface area contributed by atoms with Crippen LogP contribution in [0.5, 0.6) is 5.75 Å². The average molecular weight is 290 g/mol. The molecule has 1 aliphatic carbocycles. The Morgan fingerprint density at radius 2 is 1.67 bits per heavy atom. The molecule has 0 bridgehead atoms. The third-order valence-corrected chi connectivity index (χ3v) is 4.76. The van der Waals surface area contributed by atoms with Gasteiger partial charge in [-0.25, -0.2) is 0 Å². The molecule has 3 nitrogen and oxygen atoms in total. The topological polar surface area (TPSA) is 48.1 Å². The minimum Gasteiger partial charge on any atom is -0.489 e. The molecule has 1 aromatic rings. The summed E-state index contributed by atoms with van der Waals surface area (Å²) in [6.07, 6.45) is 8.92. The molecule has 1 saturated carbocycles. The predicted octanol–water partition coefficient (Wildman–Crippen LogP) is 4.33. The molecule has 0 aromatic carbocycles. The van der Waals surface area contributed by atoms with Gasteiger partial charge in [-0.15, -0.1) is 0 Å². The molecule has 1 atom stereocenters. The molecule has 0 radical (unpaired) electrons. The molecule has 21 heavy (non-hydrogen) atoms. The number of nitrogens with zero attached hydrogens (tertiary/aromatic N) is 1. The van der Waals surface area contributed by atoms with Gasteiger partial charge in [-0.1, -0.05) is 13.8 Å². The normalized spacial score (nSPS) is 24.3. The maximum atomic E-state index is 6.50. The SMILES string of the molecule is CC(C)Oc1cncc(C(N)C2CCC(C(C)C)CC2)c1. The monoisotopic (exact) mass is 290 g/mol. The van der Waals surface area contributed by atoms with Gasteiger partial charge in [-0.2, -0.15) is 0 Å². The largest absolute Gasteiger partial charge is 0.489 e. The summed E-state index contributed by atoms with van der Waals surface area (Å²) in [6, 6.07) is 2.15. The van der Waals surface area contributed by atoms with Gasteiger partial charge in [0.15, 0.2) is 0 Å². The van der Waals surface area contributed by atoms with Gasteiger partial charge in [-0.3, -0.25) is 4.98 Å². The fourth-order valence-corrected chi connectivity index (χ4v) is 3.40. The summed E-state index contributed by atoms with van der Waals surface area (Å²) in [5, 5.41) is 0. The lowest BCUT2D eigenvalue weighted by molar-refractivity contribution is 0.203. The molecule has 1 aliphatic rings. The van der Waals surface area contributed by atoms with Crippen molar-refractivity contribution in [2.24, 2.45) is 23.5 Å². The number of rotatable bonds is 5. The van der Waals surface area contributed by atoms with Crippen LogP contribution in [0.3, 0.4) is 0 Å². The van der Waals surface area contributed by atoms with E-state index in [9.17, 15) is 0 Å². The van der Waals surface area contributed by atoms with Crippen molar-refractivity contribution in [2.45, 2.75) is 65.5 Å². The first-order valence-corrected chi connectivity index (χ1v) is 8.34. The van der Waals surface area contributed by atoms with Gasteiger partial charge in [-0.05, 0) is 68.9 Å². The quantitative estimate of drug-likeness (QED) is 0.878. The fraction of sp³-hybridized carbons (Fsp3) is 0.722. The first kappa shape index (κ1) is 16.3. The van der Waals surface area contributed by atoms with Crippen molar-refractivity contribution in [2.75, 3.05) is 0 Å². The smallest absolute Gasteiger partial charge is 0.138 e. The lowest BCUT2D eigenvalue weighted by Crippen LogP contribution is -2.27. The van der Waals surface area contributed by atoms with Gasteiger partial charge in [0.1, 0.15) is 5.75 Å². The van der Waals surface area contributed by atoms with Crippen LogP contribution in [0.4, 0.5) is 0 Å². The summed E-state index contributed by atoms with van der Waals surface area (Å²) in [7, 11) is 0. The van der Waals surface area contributed by atoms with Crippen molar-refractivity contribution in [3.63, 3.8) is 0 Å². The van der Waals surface area contributed by atoms with Crippen LogP contribution in [0.2, 0.25) is 0 Å². The zero-order valence-corrected chi connectivity index (χ0v) is 13.9. The maximum Gasteiger partial charge on any atom is 0.138 e. The highest BCUT2D eigenvalue weighted by Crippen LogP contribution is 2.38. The third-order valence-electron chi connectivity index (χ3n) is 4.76. The maximum absolute atomic E-state index is 6.50. The van der Waals surface area contributed by atoms with Crippen LogP contribution in [0.15, 0.2) is 18.5 Å². The number of hydrogen-bond acceptors (Lipinski definition) is 3. The molecule has 2 rings (SSSR count). The molecule has 0 amide bonds. The first-order chi connectivity index (χ1) is 9.97. The van der Waals surface area contributed by atoms with E-state index in [0.29, 0.717) is 5.92 Å². The minimum absolute atomic E-state index is 0.0846. The Labute approximate surface area is 129 Å². The Kier molecular flexibility index (Phi) is 5.63. The number of pyridine rings is 1. The van der Waals surface area contributed by atoms with Crippen LogP contribution in [0.1, 0.15) is 65.0 Å². The van der Waals surface area contributed by atoms with E-state index in [-0.39, 0.29) is 12.1 Å². The second-order valence-corrected chi connectivity index (χ2v) is 7.07. The van der Waals surface area contributed by atoms with Crippen molar-refractivity contribution in [1.29, 1.82) is 0 Å². The summed E-state index contributed by atoms with van der Waals surface area (Å²) in [6.45, 7) is 8.72. The van der Waals surface area contributed by atoms with Crippen LogP contribution in [-0.4, -0.2) is 11.1 Å². The average Bonchev–Trinajstić information content (AvgIpc) is 2.46. The second-order valence-electron chi connectivity index (χ2n) is 7.07. The molecule has 1 heterocycles. The van der Waals surface area contributed by atoms with Gasteiger partial charge in [0, 0.05) is 12.2 Å². The fourth-order valence-electron chi connectivity index (χ4n) is 3.40. The Balaban J connectivity index is 1.98. The molecule has 1 aromatic heterocycles. The molecule has 3 heteroatoms. The van der Waals surface area contributed by atoms with Crippen molar-refractivity contribution in [1.82, 2.24) is 4.98 Å². The Hall–Kier alpha value is -1.09. The Morgan fingerprint density at radius 3 is 2.24 bits per heavy atom. The number of nitrogens with two attached hydrogens (primary N) is 1. The summed E-state index contributed by atoms with van der Waals surface area (Å²) in [5.74, 6) is 3.08. The van der Waals surface area contributed by atoms with Gasteiger partial charge >= 0.3 is 0 Å². The van der Waals surface area contributed by atoms with Gasteiger partial charge in [0.25, 0.3) is 0 Å². The summed E-state index contributed by atoms with van der Waals surface area (Å²) in [5.41, 5.74) is 7.61. The lowest BCUT2D eigenvalue weighted by Gasteiger charge is -2.34. The highest BCUT2D eigenvalue weighted by molar-refractivity contribution is 5.26. The molecule has 0 saturated heterocycles. The van der Waals surface area contributed by atoms with E-state index in [1.165, 1.54) is 25.7 Å². The van der Waals surface area contributed by atoms with Crippen LogP contribution in [0, 0.1) is 17.8 Å². The highest BCUT2D eigenvalue weighted by Gasteiger charge is 2.28. The molecular formula is C18H30N2O.